The summed E-state index contributed by atoms with van der Waals surface area (Å²) >= 11 is 3.06. The molecule has 27 heavy (non-hydrogen) atoms. The molecule has 136 valence electrons. The zero-order valence-corrected chi connectivity index (χ0v) is 16.0. The molecule has 4 heterocycles. The van der Waals surface area contributed by atoms with E-state index in [4.69, 9.17) is 4.42 Å². The molecule has 1 fully saturated rings. The number of likely N-dealkylation sites (tertiary alicyclic amines) is 1. The second-order valence-electron chi connectivity index (χ2n) is 6.51. The highest BCUT2D eigenvalue weighted by Crippen LogP contribution is 2.31. The largest absolute Gasteiger partial charge is 0.420 e. The summed E-state index contributed by atoms with van der Waals surface area (Å²) in [5.74, 6) is 1.45. The van der Waals surface area contributed by atoms with Gasteiger partial charge in [0.25, 0.3) is 5.91 Å². The Labute approximate surface area is 163 Å². The number of carbonyl (C=O) groups is 1. The van der Waals surface area contributed by atoms with Crippen molar-refractivity contribution >= 4 is 38.8 Å². The van der Waals surface area contributed by atoms with Crippen LogP contribution in [0.5, 0.6) is 0 Å². The van der Waals surface area contributed by atoms with Crippen LogP contribution in [0, 0.1) is 0 Å². The van der Waals surface area contributed by atoms with Gasteiger partial charge >= 0.3 is 0 Å². The van der Waals surface area contributed by atoms with Crippen molar-refractivity contribution in [2.75, 3.05) is 13.1 Å². The van der Waals surface area contributed by atoms with Crippen LogP contribution in [0.1, 0.15) is 34.5 Å². The molecule has 4 aromatic rings. The van der Waals surface area contributed by atoms with Crippen molar-refractivity contribution in [2.24, 2.45) is 0 Å². The van der Waals surface area contributed by atoms with Gasteiger partial charge in [-0.15, -0.1) is 21.5 Å². The number of fused-ring (bicyclic) bond motifs is 1. The molecular formula is C19H16N4O2S2. The van der Waals surface area contributed by atoms with E-state index in [1.54, 1.807) is 11.3 Å². The van der Waals surface area contributed by atoms with E-state index in [0.717, 1.165) is 28.6 Å². The molecule has 8 heteroatoms. The number of thiazole rings is 1. The Bertz CT molecular complexity index is 1050. The van der Waals surface area contributed by atoms with Crippen molar-refractivity contribution in [1.29, 1.82) is 0 Å². The van der Waals surface area contributed by atoms with Gasteiger partial charge in [0.2, 0.25) is 11.8 Å². The average Bonchev–Trinajstić information content (AvgIpc) is 3.47. The molecule has 0 N–H and O–H groups in total. The Kier molecular flexibility index (Phi) is 4.21. The molecule has 0 aliphatic carbocycles. The Hall–Kier alpha value is -2.58. The predicted molar refractivity (Wildman–Crippen MR) is 105 cm³/mol. The number of rotatable bonds is 3. The zero-order chi connectivity index (χ0) is 18.2. The lowest BCUT2D eigenvalue weighted by molar-refractivity contribution is 0.0706. The molecule has 0 bridgehead atoms. The molecule has 3 aromatic heterocycles. The highest BCUT2D eigenvalue weighted by atomic mass is 32.1. The number of nitrogens with zero attached hydrogens (tertiary/aromatic N) is 4. The maximum atomic E-state index is 12.8. The fraction of sp³-hybridized carbons (Fsp3) is 0.263. The third-order valence-electron chi connectivity index (χ3n) is 4.82. The predicted octanol–water partition coefficient (Wildman–Crippen LogP) is 4.43. The summed E-state index contributed by atoms with van der Waals surface area (Å²) < 4.78 is 6.90. The van der Waals surface area contributed by atoms with E-state index in [1.165, 1.54) is 11.3 Å². The van der Waals surface area contributed by atoms with Crippen molar-refractivity contribution in [1.82, 2.24) is 20.1 Å². The third kappa shape index (κ3) is 3.15. The molecule has 0 saturated carbocycles. The molecule has 0 atom stereocenters. The number of carbonyl (C=O) groups excluding carboxylic acids is 1. The molecule has 1 saturated heterocycles. The minimum absolute atomic E-state index is 0.0131. The van der Waals surface area contributed by atoms with Crippen LogP contribution in [0.25, 0.3) is 21.7 Å². The maximum absolute atomic E-state index is 12.8. The highest BCUT2D eigenvalue weighted by molar-refractivity contribution is 7.20. The first kappa shape index (κ1) is 16.6. The van der Waals surface area contributed by atoms with Crippen LogP contribution in [-0.2, 0) is 0 Å². The molecule has 0 spiro atoms. The summed E-state index contributed by atoms with van der Waals surface area (Å²) in [4.78, 5) is 19.2. The number of aromatic nitrogens is 3. The fourth-order valence-corrected chi connectivity index (χ4v) is 4.89. The minimum Gasteiger partial charge on any atom is -0.420 e. The Morgan fingerprint density at radius 3 is 2.78 bits per heavy atom. The van der Waals surface area contributed by atoms with Gasteiger partial charge in [-0.05, 0) is 36.4 Å². The molecule has 1 aliphatic heterocycles. The van der Waals surface area contributed by atoms with Gasteiger partial charge < -0.3 is 9.32 Å². The number of hydrogen-bond donors (Lipinski definition) is 0. The van der Waals surface area contributed by atoms with Crippen LogP contribution in [0.2, 0.25) is 0 Å². The van der Waals surface area contributed by atoms with E-state index >= 15 is 0 Å². The standard InChI is InChI=1S/C19H16N4O2S2/c24-19(18-20-14-3-1-2-4-15(14)27-18)23-8-5-12(6-9-23)16-21-22-17(25-16)13-7-10-26-11-13/h1-4,7,10-12H,5-6,8-9H2. The zero-order valence-electron chi connectivity index (χ0n) is 14.4. The number of hydrogen-bond acceptors (Lipinski definition) is 7. The lowest BCUT2D eigenvalue weighted by Crippen LogP contribution is -2.37. The Balaban J connectivity index is 1.26. The molecule has 1 amide bonds. The number of para-hydroxylation sites is 1. The SMILES string of the molecule is O=C(c1nc2ccccc2s1)N1CCC(c2nnc(-c3ccsc3)o2)CC1. The molecule has 6 nitrogen and oxygen atoms in total. The van der Waals surface area contributed by atoms with Crippen molar-refractivity contribution < 1.29 is 9.21 Å². The molecular weight excluding hydrogens is 380 g/mol. The second kappa shape index (κ2) is 6.86. The van der Waals surface area contributed by atoms with Gasteiger partial charge in [0.15, 0.2) is 5.01 Å². The summed E-state index contributed by atoms with van der Waals surface area (Å²) in [7, 11) is 0. The van der Waals surface area contributed by atoms with E-state index < -0.39 is 0 Å². The highest BCUT2D eigenvalue weighted by Gasteiger charge is 2.29. The van der Waals surface area contributed by atoms with Crippen LogP contribution in [0.4, 0.5) is 0 Å². The van der Waals surface area contributed by atoms with Crippen LogP contribution in [-0.4, -0.2) is 39.1 Å². The molecule has 1 aliphatic rings. The number of piperidine rings is 1. The average molecular weight is 396 g/mol. The minimum atomic E-state index is 0.0131. The van der Waals surface area contributed by atoms with Crippen molar-refractivity contribution in [3.63, 3.8) is 0 Å². The van der Waals surface area contributed by atoms with Gasteiger partial charge in [-0.3, -0.25) is 4.79 Å². The molecule has 5 rings (SSSR count). The number of amides is 1. The summed E-state index contributed by atoms with van der Waals surface area (Å²) in [6, 6.07) is 9.82. The topological polar surface area (TPSA) is 72.1 Å². The van der Waals surface area contributed by atoms with Crippen LogP contribution in [0.15, 0.2) is 45.5 Å². The van der Waals surface area contributed by atoms with Gasteiger partial charge in [0, 0.05) is 30.0 Å². The van der Waals surface area contributed by atoms with Crippen LogP contribution in [0.3, 0.4) is 0 Å². The van der Waals surface area contributed by atoms with Gasteiger partial charge in [-0.1, -0.05) is 12.1 Å². The molecule has 0 radical (unpaired) electrons. The van der Waals surface area contributed by atoms with Gasteiger partial charge in [-0.25, -0.2) is 4.98 Å². The van der Waals surface area contributed by atoms with Crippen LogP contribution >= 0.6 is 22.7 Å². The third-order valence-corrected chi connectivity index (χ3v) is 6.52. The van der Waals surface area contributed by atoms with Crippen molar-refractivity contribution in [2.45, 2.75) is 18.8 Å². The normalized spacial score (nSPS) is 15.5. The summed E-state index contributed by atoms with van der Waals surface area (Å²) in [5.41, 5.74) is 1.84. The smallest absolute Gasteiger partial charge is 0.282 e. The maximum Gasteiger partial charge on any atom is 0.282 e. The number of benzene rings is 1. The molecule has 1 aromatic carbocycles. The van der Waals surface area contributed by atoms with E-state index in [-0.39, 0.29) is 11.8 Å². The Morgan fingerprint density at radius 2 is 2.00 bits per heavy atom. The lowest BCUT2D eigenvalue weighted by atomic mass is 9.97. The van der Waals surface area contributed by atoms with Gasteiger partial charge in [-0.2, -0.15) is 11.3 Å². The first-order valence-corrected chi connectivity index (χ1v) is 10.5. The summed E-state index contributed by atoms with van der Waals surface area (Å²) in [6.45, 7) is 1.35. The summed E-state index contributed by atoms with van der Waals surface area (Å²) in [5, 5.41) is 12.9. The van der Waals surface area contributed by atoms with E-state index in [0.29, 0.717) is 29.9 Å². The lowest BCUT2D eigenvalue weighted by Gasteiger charge is -2.29. The number of thiophene rings is 1. The molecule has 0 unspecified atom stereocenters. The van der Waals surface area contributed by atoms with Gasteiger partial charge in [0.05, 0.1) is 10.2 Å². The van der Waals surface area contributed by atoms with Crippen molar-refractivity contribution in [3.8, 4) is 11.5 Å². The van der Waals surface area contributed by atoms with E-state index in [1.807, 2.05) is 46.0 Å². The Morgan fingerprint density at radius 1 is 1.15 bits per heavy atom. The van der Waals surface area contributed by atoms with Crippen molar-refractivity contribution in [3.05, 3.63) is 52.0 Å². The second-order valence-corrected chi connectivity index (χ2v) is 8.32. The first-order valence-electron chi connectivity index (χ1n) is 8.79. The fourth-order valence-electron chi connectivity index (χ4n) is 3.33. The first-order chi connectivity index (χ1) is 13.3. The van der Waals surface area contributed by atoms with Crippen LogP contribution < -0.4 is 0 Å². The van der Waals surface area contributed by atoms with E-state index in [9.17, 15) is 4.79 Å². The quantitative estimate of drug-likeness (QED) is 0.512. The van der Waals surface area contributed by atoms with Gasteiger partial charge in [0.1, 0.15) is 0 Å². The summed E-state index contributed by atoms with van der Waals surface area (Å²) in [6.07, 6.45) is 1.64. The van der Waals surface area contributed by atoms with E-state index in [2.05, 4.69) is 15.2 Å². The monoisotopic (exact) mass is 396 g/mol.